The Labute approximate surface area is 129 Å². The number of carbonyl (C=O) groups excluding carboxylic acids is 1. The number of methoxy groups -OCH3 is 3. The highest BCUT2D eigenvalue weighted by molar-refractivity contribution is 7.80. The third kappa shape index (κ3) is 4.35. The smallest absolute Gasteiger partial charge is 0.340 e. The summed E-state index contributed by atoms with van der Waals surface area (Å²) < 4.78 is 15.1. The van der Waals surface area contributed by atoms with E-state index in [-0.39, 0.29) is 5.56 Å². The molecule has 0 unspecified atom stereocenters. The molecule has 0 saturated heterocycles. The number of rotatable bonds is 6. The van der Waals surface area contributed by atoms with Crippen LogP contribution >= 0.6 is 12.2 Å². The highest BCUT2D eigenvalue weighted by atomic mass is 32.1. The van der Waals surface area contributed by atoms with Crippen LogP contribution in [0.15, 0.2) is 24.8 Å². The molecule has 2 N–H and O–H groups in total. The summed E-state index contributed by atoms with van der Waals surface area (Å²) in [6, 6.07) is 3.15. The van der Waals surface area contributed by atoms with Gasteiger partial charge in [0, 0.05) is 18.7 Å². The molecule has 0 amide bonds. The SMILES string of the molecule is C=CCNC(=S)Nc1cc(OC)c(OC)cc1C(=O)OC. The van der Waals surface area contributed by atoms with E-state index < -0.39 is 5.97 Å². The molecule has 0 bridgehead atoms. The maximum absolute atomic E-state index is 11.9. The van der Waals surface area contributed by atoms with Crippen LogP contribution in [-0.4, -0.2) is 39.0 Å². The molecule has 0 spiro atoms. The molecule has 0 aliphatic carbocycles. The summed E-state index contributed by atoms with van der Waals surface area (Å²) in [6.45, 7) is 4.09. The average Bonchev–Trinajstić information content (AvgIpc) is 2.51. The molecule has 1 aromatic carbocycles. The van der Waals surface area contributed by atoms with Crippen LogP contribution in [-0.2, 0) is 4.74 Å². The molecule has 0 aromatic heterocycles. The maximum atomic E-state index is 11.9. The lowest BCUT2D eigenvalue weighted by molar-refractivity contribution is 0.0601. The molecule has 0 atom stereocenters. The van der Waals surface area contributed by atoms with Gasteiger partial charge >= 0.3 is 5.97 Å². The van der Waals surface area contributed by atoms with Crippen molar-refractivity contribution < 1.29 is 19.0 Å². The lowest BCUT2D eigenvalue weighted by Gasteiger charge is -2.16. The van der Waals surface area contributed by atoms with E-state index in [4.69, 9.17) is 26.4 Å². The summed E-state index contributed by atoms with van der Waals surface area (Å²) in [5, 5.41) is 6.19. The number of hydrogen-bond donors (Lipinski definition) is 2. The van der Waals surface area contributed by atoms with Crippen LogP contribution in [0.4, 0.5) is 5.69 Å². The molecule has 6 nitrogen and oxygen atoms in total. The molecule has 1 rings (SSSR count). The van der Waals surface area contributed by atoms with E-state index in [1.54, 1.807) is 12.1 Å². The second kappa shape index (κ2) is 8.11. The van der Waals surface area contributed by atoms with E-state index in [1.807, 2.05) is 0 Å². The first-order valence-corrected chi connectivity index (χ1v) is 6.48. The number of anilines is 1. The van der Waals surface area contributed by atoms with Gasteiger partial charge in [-0.25, -0.2) is 4.79 Å². The molecule has 0 heterocycles. The van der Waals surface area contributed by atoms with E-state index in [1.165, 1.54) is 27.4 Å². The lowest BCUT2D eigenvalue weighted by atomic mass is 10.1. The van der Waals surface area contributed by atoms with Gasteiger partial charge in [0.2, 0.25) is 0 Å². The minimum absolute atomic E-state index is 0.290. The molecule has 0 aliphatic heterocycles. The summed E-state index contributed by atoms with van der Waals surface area (Å²) in [6.07, 6.45) is 1.67. The minimum atomic E-state index is -0.509. The molecule has 114 valence electrons. The van der Waals surface area contributed by atoms with Crippen molar-refractivity contribution >= 4 is 29.0 Å². The maximum Gasteiger partial charge on any atom is 0.340 e. The van der Waals surface area contributed by atoms with E-state index >= 15 is 0 Å². The van der Waals surface area contributed by atoms with Crippen LogP contribution < -0.4 is 20.1 Å². The highest BCUT2D eigenvalue weighted by Crippen LogP contribution is 2.33. The predicted molar refractivity (Wildman–Crippen MR) is 85.3 cm³/mol. The summed E-state index contributed by atoms with van der Waals surface area (Å²) >= 11 is 5.13. The monoisotopic (exact) mass is 310 g/mol. The number of hydrogen-bond acceptors (Lipinski definition) is 5. The van der Waals surface area contributed by atoms with E-state index in [9.17, 15) is 4.79 Å². The number of thiocarbonyl (C=S) groups is 1. The normalized spacial score (nSPS) is 9.48. The zero-order valence-corrected chi connectivity index (χ0v) is 13.0. The van der Waals surface area contributed by atoms with Crippen LogP contribution in [0, 0.1) is 0 Å². The molecule has 0 fully saturated rings. The van der Waals surface area contributed by atoms with Gasteiger partial charge in [-0.2, -0.15) is 0 Å². The summed E-state index contributed by atoms with van der Waals surface area (Å²) in [5.41, 5.74) is 0.749. The molecular formula is C14H18N2O4S. The Kier molecular flexibility index (Phi) is 6.48. The molecule has 0 aliphatic rings. The Morgan fingerprint density at radius 2 is 1.90 bits per heavy atom. The average molecular weight is 310 g/mol. The minimum Gasteiger partial charge on any atom is -0.493 e. The van der Waals surface area contributed by atoms with Gasteiger partial charge in [-0.1, -0.05) is 6.08 Å². The van der Waals surface area contributed by atoms with Gasteiger partial charge in [-0.15, -0.1) is 6.58 Å². The second-order valence-electron chi connectivity index (χ2n) is 3.87. The highest BCUT2D eigenvalue weighted by Gasteiger charge is 2.18. The number of ether oxygens (including phenoxy) is 3. The summed E-state index contributed by atoms with van der Waals surface area (Å²) in [7, 11) is 4.30. The van der Waals surface area contributed by atoms with Crippen LogP contribution in [0.1, 0.15) is 10.4 Å². The van der Waals surface area contributed by atoms with Crippen molar-refractivity contribution in [2.75, 3.05) is 33.2 Å². The van der Waals surface area contributed by atoms with Crippen molar-refractivity contribution in [2.24, 2.45) is 0 Å². The largest absolute Gasteiger partial charge is 0.493 e. The van der Waals surface area contributed by atoms with Crippen molar-refractivity contribution in [1.82, 2.24) is 5.32 Å². The Hall–Kier alpha value is -2.28. The lowest BCUT2D eigenvalue weighted by Crippen LogP contribution is -2.29. The zero-order valence-electron chi connectivity index (χ0n) is 12.2. The number of nitrogens with one attached hydrogen (secondary N) is 2. The predicted octanol–water partition coefficient (Wildman–Crippen LogP) is 1.96. The topological polar surface area (TPSA) is 68.8 Å². The third-order valence-corrected chi connectivity index (χ3v) is 2.83. The molecule has 0 saturated carbocycles. The fraction of sp³-hybridized carbons (Fsp3) is 0.286. The van der Waals surface area contributed by atoms with Gasteiger partial charge in [0.1, 0.15) is 0 Å². The Balaban J connectivity index is 3.17. The van der Waals surface area contributed by atoms with Gasteiger partial charge in [-0.05, 0) is 12.2 Å². The van der Waals surface area contributed by atoms with Crippen molar-refractivity contribution in [2.45, 2.75) is 0 Å². The van der Waals surface area contributed by atoms with Crippen LogP contribution in [0.3, 0.4) is 0 Å². The Morgan fingerprint density at radius 1 is 1.29 bits per heavy atom. The van der Waals surface area contributed by atoms with Gasteiger partial charge in [0.25, 0.3) is 0 Å². The van der Waals surface area contributed by atoms with E-state index in [2.05, 4.69) is 17.2 Å². The van der Waals surface area contributed by atoms with Crippen molar-refractivity contribution in [3.05, 3.63) is 30.4 Å². The third-order valence-electron chi connectivity index (χ3n) is 2.58. The molecular weight excluding hydrogens is 292 g/mol. The molecule has 0 radical (unpaired) electrons. The van der Waals surface area contributed by atoms with Crippen LogP contribution in [0.2, 0.25) is 0 Å². The van der Waals surface area contributed by atoms with Gasteiger partial charge in [-0.3, -0.25) is 0 Å². The Morgan fingerprint density at radius 3 is 2.43 bits per heavy atom. The molecule has 1 aromatic rings. The van der Waals surface area contributed by atoms with E-state index in [0.717, 1.165) is 0 Å². The standard InChI is InChI=1S/C14H18N2O4S/c1-5-6-15-14(21)16-10-8-12(19-3)11(18-2)7-9(10)13(17)20-4/h5,7-8H,1,6H2,2-4H3,(H2,15,16,21). The fourth-order valence-electron chi connectivity index (χ4n) is 1.59. The fourth-order valence-corrected chi connectivity index (χ4v) is 1.79. The molecule has 7 heteroatoms. The first kappa shape index (κ1) is 16.8. The molecule has 21 heavy (non-hydrogen) atoms. The summed E-state index contributed by atoms with van der Waals surface area (Å²) in [5.74, 6) is 0.387. The Bertz CT molecular complexity index is 546. The second-order valence-corrected chi connectivity index (χ2v) is 4.28. The van der Waals surface area contributed by atoms with Crippen molar-refractivity contribution in [3.8, 4) is 11.5 Å². The number of carbonyl (C=O) groups is 1. The quantitative estimate of drug-likeness (QED) is 0.473. The zero-order chi connectivity index (χ0) is 15.8. The first-order chi connectivity index (χ1) is 10.1. The van der Waals surface area contributed by atoms with Gasteiger partial charge < -0.3 is 24.8 Å². The van der Waals surface area contributed by atoms with Crippen LogP contribution in [0.5, 0.6) is 11.5 Å². The van der Waals surface area contributed by atoms with Gasteiger partial charge in [0.05, 0.1) is 32.6 Å². The van der Waals surface area contributed by atoms with Crippen LogP contribution in [0.25, 0.3) is 0 Å². The van der Waals surface area contributed by atoms with E-state index in [0.29, 0.717) is 28.8 Å². The summed E-state index contributed by atoms with van der Waals surface area (Å²) in [4.78, 5) is 11.9. The number of esters is 1. The number of benzene rings is 1. The van der Waals surface area contributed by atoms with Crippen molar-refractivity contribution in [1.29, 1.82) is 0 Å². The van der Waals surface area contributed by atoms with Gasteiger partial charge in [0.15, 0.2) is 16.6 Å². The first-order valence-electron chi connectivity index (χ1n) is 6.07. The van der Waals surface area contributed by atoms with Crippen molar-refractivity contribution in [3.63, 3.8) is 0 Å².